The predicted octanol–water partition coefficient (Wildman–Crippen LogP) is 3.94. The molecule has 1 aromatic heterocycles. The first-order chi connectivity index (χ1) is 12.0. The van der Waals surface area contributed by atoms with Gasteiger partial charge in [-0.15, -0.1) is 11.8 Å². The highest BCUT2D eigenvalue weighted by atomic mass is 35.5. The van der Waals surface area contributed by atoms with E-state index < -0.39 is 0 Å². The molecule has 1 atom stereocenters. The quantitative estimate of drug-likeness (QED) is 0.666. The van der Waals surface area contributed by atoms with E-state index in [1.807, 2.05) is 42.5 Å². The van der Waals surface area contributed by atoms with Gasteiger partial charge in [-0.3, -0.25) is 14.7 Å². The van der Waals surface area contributed by atoms with Crippen LogP contribution in [0.2, 0.25) is 5.02 Å². The number of hydrogen-bond acceptors (Lipinski definition) is 3. The highest BCUT2D eigenvalue weighted by Crippen LogP contribution is 2.25. The van der Waals surface area contributed by atoms with Crippen LogP contribution in [0.4, 0.5) is 5.82 Å². The summed E-state index contributed by atoms with van der Waals surface area (Å²) in [7, 11) is 0. The molecule has 7 heteroatoms. The van der Waals surface area contributed by atoms with Crippen LogP contribution < -0.4 is 10.9 Å². The van der Waals surface area contributed by atoms with Gasteiger partial charge in [0.05, 0.1) is 10.9 Å². The molecule has 0 saturated carbocycles. The van der Waals surface area contributed by atoms with Crippen LogP contribution in [0.5, 0.6) is 0 Å². The molecule has 0 aliphatic rings. The van der Waals surface area contributed by atoms with Crippen molar-refractivity contribution in [1.82, 2.24) is 9.78 Å². The SMILES string of the molecule is CC(Sc1ccc(Cl)cc1)C(=O)Nc1cc(=O)n(-c2ccccc2)[nH]1. The molecular formula is C18H16ClN3O2S. The summed E-state index contributed by atoms with van der Waals surface area (Å²) in [6.07, 6.45) is 0. The van der Waals surface area contributed by atoms with Crippen LogP contribution in [0.15, 0.2) is 70.4 Å². The summed E-state index contributed by atoms with van der Waals surface area (Å²) in [6, 6.07) is 17.8. The van der Waals surface area contributed by atoms with Gasteiger partial charge in [-0.1, -0.05) is 29.8 Å². The van der Waals surface area contributed by atoms with Crippen molar-refractivity contribution in [3.05, 3.63) is 76.0 Å². The monoisotopic (exact) mass is 373 g/mol. The number of aromatic nitrogens is 2. The van der Waals surface area contributed by atoms with Crippen LogP contribution in [0.25, 0.3) is 5.69 Å². The normalized spacial score (nSPS) is 11.9. The maximum Gasteiger partial charge on any atom is 0.273 e. The molecule has 0 aliphatic heterocycles. The maximum atomic E-state index is 12.4. The van der Waals surface area contributed by atoms with E-state index in [0.717, 1.165) is 4.90 Å². The number of aromatic amines is 1. The van der Waals surface area contributed by atoms with Crippen molar-refractivity contribution in [3.8, 4) is 5.69 Å². The second-order valence-electron chi connectivity index (χ2n) is 5.38. The molecule has 2 N–H and O–H groups in total. The van der Waals surface area contributed by atoms with Crippen LogP contribution in [-0.2, 0) is 4.79 Å². The van der Waals surface area contributed by atoms with Crippen molar-refractivity contribution >= 4 is 35.1 Å². The lowest BCUT2D eigenvalue weighted by Gasteiger charge is -2.11. The average molecular weight is 374 g/mol. The van der Waals surface area contributed by atoms with Crippen LogP contribution in [0, 0.1) is 0 Å². The van der Waals surface area contributed by atoms with E-state index in [1.54, 1.807) is 19.1 Å². The molecule has 5 nitrogen and oxygen atoms in total. The van der Waals surface area contributed by atoms with E-state index >= 15 is 0 Å². The summed E-state index contributed by atoms with van der Waals surface area (Å²) >= 11 is 7.28. The Kier molecular flexibility index (Phi) is 5.31. The lowest BCUT2D eigenvalue weighted by Crippen LogP contribution is -2.22. The van der Waals surface area contributed by atoms with Gasteiger partial charge in [0.25, 0.3) is 5.56 Å². The number of H-pyrrole nitrogens is 1. The maximum absolute atomic E-state index is 12.4. The molecule has 0 aliphatic carbocycles. The number of para-hydroxylation sites is 1. The molecular weight excluding hydrogens is 358 g/mol. The Morgan fingerprint density at radius 2 is 1.84 bits per heavy atom. The lowest BCUT2D eigenvalue weighted by molar-refractivity contribution is -0.115. The summed E-state index contributed by atoms with van der Waals surface area (Å²) in [4.78, 5) is 25.4. The number of anilines is 1. The van der Waals surface area contributed by atoms with Crippen LogP contribution in [-0.4, -0.2) is 20.9 Å². The average Bonchev–Trinajstić information content (AvgIpc) is 2.98. The fraction of sp³-hybridized carbons (Fsp3) is 0.111. The zero-order valence-corrected chi connectivity index (χ0v) is 15.0. The number of amides is 1. The molecule has 128 valence electrons. The molecule has 1 heterocycles. The number of nitrogens with one attached hydrogen (secondary N) is 2. The molecule has 25 heavy (non-hydrogen) atoms. The molecule has 0 radical (unpaired) electrons. The Bertz CT molecular complexity index is 919. The van der Waals surface area contributed by atoms with Gasteiger partial charge >= 0.3 is 0 Å². The van der Waals surface area contributed by atoms with Crippen LogP contribution in [0.3, 0.4) is 0 Å². The fourth-order valence-corrected chi connectivity index (χ4v) is 3.23. The van der Waals surface area contributed by atoms with Crippen molar-refractivity contribution in [1.29, 1.82) is 0 Å². The number of thioether (sulfide) groups is 1. The Hall–Kier alpha value is -2.44. The molecule has 3 aromatic rings. The van der Waals surface area contributed by atoms with Gasteiger partial charge in [0.1, 0.15) is 5.82 Å². The largest absolute Gasteiger partial charge is 0.310 e. The summed E-state index contributed by atoms with van der Waals surface area (Å²) in [5.74, 6) is 0.170. The zero-order valence-electron chi connectivity index (χ0n) is 13.4. The van der Waals surface area contributed by atoms with Gasteiger partial charge in [0.15, 0.2) is 0 Å². The van der Waals surface area contributed by atoms with E-state index in [0.29, 0.717) is 16.5 Å². The van der Waals surface area contributed by atoms with Gasteiger partial charge in [-0.2, -0.15) is 0 Å². The van der Waals surface area contributed by atoms with Gasteiger partial charge in [0.2, 0.25) is 5.91 Å². The second-order valence-corrected chi connectivity index (χ2v) is 7.23. The number of rotatable bonds is 5. The first kappa shape index (κ1) is 17.4. The van der Waals surface area contributed by atoms with Crippen molar-refractivity contribution in [2.45, 2.75) is 17.1 Å². The Labute approximate surface area is 154 Å². The van der Waals surface area contributed by atoms with Crippen LogP contribution in [0.1, 0.15) is 6.92 Å². The van der Waals surface area contributed by atoms with E-state index in [-0.39, 0.29) is 16.7 Å². The first-order valence-corrected chi connectivity index (χ1v) is 8.89. The summed E-state index contributed by atoms with van der Waals surface area (Å²) in [6.45, 7) is 1.81. The number of carbonyl (C=O) groups is 1. The molecule has 0 spiro atoms. The number of halogens is 1. The van der Waals surface area contributed by atoms with E-state index in [4.69, 9.17) is 11.6 Å². The van der Waals surface area contributed by atoms with Crippen molar-refractivity contribution in [3.63, 3.8) is 0 Å². The molecule has 1 amide bonds. The minimum Gasteiger partial charge on any atom is -0.310 e. The number of nitrogens with zero attached hydrogens (tertiary/aromatic N) is 1. The smallest absolute Gasteiger partial charge is 0.273 e. The van der Waals surface area contributed by atoms with E-state index in [1.165, 1.54) is 22.5 Å². The highest BCUT2D eigenvalue weighted by Gasteiger charge is 2.16. The number of hydrogen-bond donors (Lipinski definition) is 2. The second kappa shape index (κ2) is 7.63. The first-order valence-electron chi connectivity index (χ1n) is 7.63. The Balaban J connectivity index is 1.68. The lowest BCUT2D eigenvalue weighted by atomic mass is 10.3. The van der Waals surface area contributed by atoms with E-state index in [2.05, 4.69) is 10.4 Å². The number of carbonyl (C=O) groups excluding carboxylic acids is 1. The zero-order chi connectivity index (χ0) is 17.8. The minimum absolute atomic E-state index is 0.193. The third-order valence-electron chi connectivity index (χ3n) is 3.49. The molecule has 0 fully saturated rings. The van der Waals surface area contributed by atoms with Crippen molar-refractivity contribution in [2.24, 2.45) is 0 Å². The molecule has 1 unspecified atom stereocenters. The Morgan fingerprint density at radius 3 is 2.52 bits per heavy atom. The van der Waals surface area contributed by atoms with Crippen molar-refractivity contribution < 1.29 is 4.79 Å². The van der Waals surface area contributed by atoms with Crippen molar-refractivity contribution in [2.75, 3.05) is 5.32 Å². The number of benzene rings is 2. The summed E-state index contributed by atoms with van der Waals surface area (Å²) in [5, 5.41) is 5.97. The molecule has 0 bridgehead atoms. The van der Waals surface area contributed by atoms with Gasteiger partial charge < -0.3 is 5.32 Å². The third kappa shape index (κ3) is 4.35. The topological polar surface area (TPSA) is 66.9 Å². The Morgan fingerprint density at radius 1 is 1.16 bits per heavy atom. The highest BCUT2D eigenvalue weighted by molar-refractivity contribution is 8.00. The van der Waals surface area contributed by atoms with Gasteiger partial charge in [0, 0.05) is 16.0 Å². The molecule has 0 saturated heterocycles. The summed E-state index contributed by atoms with van der Waals surface area (Å²) in [5.41, 5.74) is 0.469. The summed E-state index contributed by atoms with van der Waals surface area (Å²) < 4.78 is 1.38. The predicted molar refractivity (Wildman–Crippen MR) is 102 cm³/mol. The third-order valence-corrected chi connectivity index (χ3v) is 4.85. The van der Waals surface area contributed by atoms with Crippen LogP contribution >= 0.6 is 23.4 Å². The molecule has 2 aromatic carbocycles. The van der Waals surface area contributed by atoms with Gasteiger partial charge in [-0.25, -0.2) is 4.68 Å². The standard InChI is InChI=1S/C18H16ClN3O2S/c1-12(25-15-9-7-13(19)8-10-15)18(24)20-16-11-17(23)22(21-16)14-5-3-2-4-6-14/h2-12,21H,1H3,(H,20,24). The minimum atomic E-state index is -0.329. The fourth-order valence-electron chi connectivity index (χ4n) is 2.23. The van der Waals surface area contributed by atoms with Gasteiger partial charge in [-0.05, 0) is 43.3 Å². The molecule has 3 rings (SSSR count). The van der Waals surface area contributed by atoms with E-state index in [9.17, 15) is 9.59 Å².